The molecule has 0 radical (unpaired) electrons. The Morgan fingerprint density at radius 2 is 1.95 bits per heavy atom. The molecule has 0 aromatic heterocycles. The van der Waals surface area contributed by atoms with Crippen LogP contribution in [0.2, 0.25) is 0 Å². The fraction of sp³-hybridized carbons (Fsp3) is 0.611. The van der Waals surface area contributed by atoms with E-state index in [2.05, 4.69) is 36.5 Å². The fourth-order valence-electron chi connectivity index (χ4n) is 3.15. The van der Waals surface area contributed by atoms with Gasteiger partial charge in [0, 0.05) is 12.6 Å². The maximum Gasteiger partial charge on any atom is 0.224 e. The average molecular weight is 288 g/mol. The molecule has 0 spiro atoms. The standard InChI is InChI=1S/C18H28N2O/c1-14(15-8-4-2-5-9-15)12-13-20-18(21)16-10-6-3-7-11-17(16)19/h2,4-5,8-9,14,16-17H,3,6-7,10-13,19H2,1H3,(H,20,21). The predicted molar refractivity (Wildman–Crippen MR) is 87.0 cm³/mol. The molecule has 1 fully saturated rings. The van der Waals surface area contributed by atoms with Crippen molar-refractivity contribution >= 4 is 5.91 Å². The largest absolute Gasteiger partial charge is 0.356 e. The minimum Gasteiger partial charge on any atom is -0.356 e. The van der Waals surface area contributed by atoms with Crippen molar-refractivity contribution in [2.45, 2.75) is 57.4 Å². The highest BCUT2D eigenvalue weighted by atomic mass is 16.1. The molecule has 0 heterocycles. The van der Waals surface area contributed by atoms with E-state index in [0.717, 1.165) is 38.6 Å². The Kier molecular flexibility index (Phi) is 6.24. The molecular formula is C18H28N2O. The van der Waals surface area contributed by atoms with Crippen LogP contribution in [0.5, 0.6) is 0 Å². The van der Waals surface area contributed by atoms with Crippen molar-refractivity contribution in [2.24, 2.45) is 11.7 Å². The second-order valence-corrected chi connectivity index (χ2v) is 6.30. The van der Waals surface area contributed by atoms with Crippen LogP contribution in [0.25, 0.3) is 0 Å². The van der Waals surface area contributed by atoms with E-state index in [4.69, 9.17) is 5.73 Å². The maximum atomic E-state index is 12.3. The molecule has 2 rings (SSSR count). The predicted octanol–water partition coefficient (Wildman–Crippen LogP) is 3.20. The summed E-state index contributed by atoms with van der Waals surface area (Å²) in [6.07, 6.45) is 6.40. The van der Waals surface area contributed by atoms with Gasteiger partial charge in [-0.3, -0.25) is 4.79 Å². The third kappa shape index (κ3) is 4.85. The zero-order chi connectivity index (χ0) is 15.1. The summed E-state index contributed by atoms with van der Waals surface area (Å²) in [5.74, 6) is 0.638. The van der Waals surface area contributed by atoms with Gasteiger partial charge in [0.1, 0.15) is 0 Å². The van der Waals surface area contributed by atoms with E-state index in [9.17, 15) is 4.79 Å². The first-order valence-corrected chi connectivity index (χ1v) is 8.26. The molecule has 1 amide bonds. The molecule has 3 atom stereocenters. The highest BCUT2D eigenvalue weighted by molar-refractivity contribution is 5.79. The molecule has 21 heavy (non-hydrogen) atoms. The molecule has 3 nitrogen and oxygen atoms in total. The summed E-state index contributed by atoms with van der Waals surface area (Å²) in [6, 6.07) is 10.5. The topological polar surface area (TPSA) is 55.1 Å². The van der Waals surface area contributed by atoms with Crippen LogP contribution in [0, 0.1) is 5.92 Å². The number of nitrogens with one attached hydrogen (secondary N) is 1. The lowest BCUT2D eigenvalue weighted by atomic mass is 9.94. The van der Waals surface area contributed by atoms with Crippen LogP contribution in [0.3, 0.4) is 0 Å². The second kappa shape index (κ2) is 8.18. The third-order valence-corrected chi connectivity index (χ3v) is 4.65. The summed E-state index contributed by atoms with van der Waals surface area (Å²) in [5, 5.41) is 3.09. The molecular weight excluding hydrogens is 260 g/mol. The van der Waals surface area contributed by atoms with Crippen LogP contribution in [0.15, 0.2) is 30.3 Å². The minimum atomic E-state index is 0.0135. The average Bonchev–Trinajstić information content (AvgIpc) is 2.72. The summed E-state index contributed by atoms with van der Waals surface area (Å²) >= 11 is 0. The summed E-state index contributed by atoms with van der Waals surface area (Å²) in [5.41, 5.74) is 7.47. The van der Waals surface area contributed by atoms with Crippen molar-refractivity contribution < 1.29 is 4.79 Å². The van der Waals surface area contributed by atoms with Gasteiger partial charge in [-0.1, -0.05) is 56.5 Å². The molecule has 0 aliphatic heterocycles. The molecule has 3 N–H and O–H groups in total. The normalized spacial score (nSPS) is 24.1. The number of hydrogen-bond acceptors (Lipinski definition) is 2. The van der Waals surface area contributed by atoms with Crippen LogP contribution >= 0.6 is 0 Å². The summed E-state index contributed by atoms with van der Waals surface area (Å²) in [4.78, 5) is 12.3. The number of hydrogen-bond donors (Lipinski definition) is 2. The first-order chi connectivity index (χ1) is 10.2. The van der Waals surface area contributed by atoms with Gasteiger partial charge in [0.2, 0.25) is 5.91 Å². The van der Waals surface area contributed by atoms with Gasteiger partial charge in [-0.15, -0.1) is 0 Å². The van der Waals surface area contributed by atoms with Crippen LogP contribution in [-0.2, 0) is 4.79 Å². The first-order valence-electron chi connectivity index (χ1n) is 8.26. The zero-order valence-corrected chi connectivity index (χ0v) is 13.1. The highest BCUT2D eigenvalue weighted by Crippen LogP contribution is 2.22. The van der Waals surface area contributed by atoms with Crippen molar-refractivity contribution in [1.29, 1.82) is 0 Å². The van der Waals surface area contributed by atoms with Gasteiger partial charge in [0.25, 0.3) is 0 Å². The number of carbonyl (C=O) groups excluding carboxylic acids is 1. The van der Waals surface area contributed by atoms with Gasteiger partial charge in [0.05, 0.1) is 5.92 Å². The highest BCUT2D eigenvalue weighted by Gasteiger charge is 2.26. The van der Waals surface area contributed by atoms with Gasteiger partial charge < -0.3 is 11.1 Å². The van der Waals surface area contributed by atoms with Gasteiger partial charge in [-0.05, 0) is 30.7 Å². The van der Waals surface area contributed by atoms with Gasteiger partial charge in [-0.2, -0.15) is 0 Å². The Balaban J connectivity index is 1.76. The third-order valence-electron chi connectivity index (χ3n) is 4.65. The van der Waals surface area contributed by atoms with E-state index in [1.807, 2.05) is 6.07 Å². The summed E-state index contributed by atoms with van der Waals surface area (Å²) in [7, 11) is 0. The molecule has 1 saturated carbocycles. The minimum absolute atomic E-state index is 0.0135. The lowest BCUT2D eigenvalue weighted by Crippen LogP contribution is -2.41. The zero-order valence-electron chi connectivity index (χ0n) is 13.1. The molecule has 116 valence electrons. The Morgan fingerprint density at radius 1 is 1.24 bits per heavy atom. The van der Waals surface area contributed by atoms with Crippen molar-refractivity contribution in [1.82, 2.24) is 5.32 Å². The molecule has 0 saturated heterocycles. The SMILES string of the molecule is CC(CCNC(=O)C1CCCCCC1N)c1ccccc1. The maximum absolute atomic E-state index is 12.3. The molecule has 0 bridgehead atoms. The Morgan fingerprint density at radius 3 is 2.71 bits per heavy atom. The van der Waals surface area contributed by atoms with Crippen LogP contribution < -0.4 is 11.1 Å². The van der Waals surface area contributed by atoms with Gasteiger partial charge >= 0.3 is 0 Å². The lowest BCUT2D eigenvalue weighted by Gasteiger charge is -2.21. The number of carbonyl (C=O) groups is 1. The van der Waals surface area contributed by atoms with Crippen molar-refractivity contribution in [3.8, 4) is 0 Å². The Labute approximate surface area is 128 Å². The number of benzene rings is 1. The van der Waals surface area contributed by atoms with E-state index >= 15 is 0 Å². The van der Waals surface area contributed by atoms with E-state index in [1.54, 1.807) is 0 Å². The molecule has 1 aliphatic carbocycles. The molecule has 1 aromatic rings. The monoisotopic (exact) mass is 288 g/mol. The molecule has 3 heteroatoms. The Hall–Kier alpha value is -1.35. The van der Waals surface area contributed by atoms with Gasteiger partial charge in [-0.25, -0.2) is 0 Å². The Bertz CT molecular complexity index is 432. The van der Waals surface area contributed by atoms with Crippen molar-refractivity contribution in [2.75, 3.05) is 6.54 Å². The molecule has 1 aromatic carbocycles. The number of nitrogens with two attached hydrogens (primary N) is 1. The van der Waals surface area contributed by atoms with E-state index < -0.39 is 0 Å². The first kappa shape index (κ1) is 16.0. The fourth-order valence-corrected chi connectivity index (χ4v) is 3.15. The van der Waals surface area contributed by atoms with E-state index in [-0.39, 0.29) is 17.9 Å². The smallest absolute Gasteiger partial charge is 0.224 e. The summed E-state index contributed by atoms with van der Waals surface area (Å²) < 4.78 is 0. The van der Waals surface area contributed by atoms with E-state index in [0.29, 0.717) is 5.92 Å². The number of amides is 1. The quantitative estimate of drug-likeness (QED) is 0.817. The molecule has 1 aliphatic rings. The lowest BCUT2D eigenvalue weighted by molar-refractivity contribution is -0.125. The second-order valence-electron chi connectivity index (χ2n) is 6.30. The van der Waals surface area contributed by atoms with Crippen molar-refractivity contribution in [3.63, 3.8) is 0 Å². The van der Waals surface area contributed by atoms with Crippen LogP contribution in [0.1, 0.15) is 56.9 Å². The van der Waals surface area contributed by atoms with Gasteiger partial charge in [0.15, 0.2) is 0 Å². The van der Waals surface area contributed by atoms with E-state index in [1.165, 1.54) is 12.0 Å². The summed E-state index contributed by atoms with van der Waals surface area (Å²) in [6.45, 7) is 2.94. The van der Waals surface area contributed by atoms with Crippen LogP contribution in [-0.4, -0.2) is 18.5 Å². The molecule has 3 unspecified atom stereocenters. The van der Waals surface area contributed by atoms with Crippen molar-refractivity contribution in [3.05, 3.63) is 35.9 Å². The number of rotatable bonds is 5. The van der Waals surface area contributed by atoms with Crippen LogP contribution in [0.4, 0.5) is 0 Å².